The summed E-state index contributed by atoms with van der Waals surface area (Å²) in [5.74, 6) is 0.857. The first kappa shape index (κ1) is 31.3. The fourth-order valence-corrected chi connectivity index (χ4v) is 8.93. The number of hydrogen-bond acceptors (Lipinski definition) is 8. The summed E-state index contributed by atoms with van der Waals surface area (Å²) < 4.78 is 23.0. The summed E-state index contributed by atoms with van der Waals surface area (Å²) in [6.07, 6.45) is 12.9. The highest BCUT2D eigenvalue weighted by atomic mass is 35.5. The van der Waals surface area contributed by atoms with Gasteiger partial charge in [-0.05, 0) is 70.2 Å². The van der Waals surface area contributed by atoms with Crippen molar-refractivity contribution in [3.8, 4) is 12.1 Å². The van der Waals surface area contributed by atoms with Gasteiger partial charge in [0.2, 0.25) is 0 Å². The molecule has 0 N–H and O–H groups in total. The molecule has 0 unspecified atom stereocenters. The van der Waals surface area contributed by atoms with Gasteiger partial charge in [-0.15, -0.1) is 0 Å². The van der Waals surface area contributed by atoms with E-state index in [0.717, 1.165) is 87.3 Å². The smallest absolute Gasteiger partial charge is 0.318 e. The third-order valence-electron chi connectivity index (χ3n) is 11.1. The zero-order valence-corrected chi connectivity index (χ0v) is 27.8. The van der Waals surface area contributed by atoms with Crippen LogP contribution in [0.2, 0.25) is 5.02 Å². The molecule has 2 aromatic heterocycles. The minimum atomic E-state index is -0.820. The summed E-state index contributed by atoms with van der Waals surface area (Å²) in [5, 5.41) is 14.5. The van der Waals surface area contributed by atoms with Crippen LogP contribution in [-0.2, 0) is 32.5 Å². The topological polar surface area (TPSA) is 86.3 Å². The van der Waals surface area contributed by atoms with Gasteiger partial charge in [0.05, 0.1) is 52.2 Å². The number of nitrogens with zero attached hydrogens (tertiary/aromatic N) is 8. The van der Waals surface area contributed by atoms with E-state index >= 15 is 0 Å². The minimum absolute atomic E-state index is 0.180. The van der Waals surface area contributed by atoms with E-state index in [1.165, 1.54) is 11.1 Å². The van der Waals surface area contributed by atoms with Crippen LogP contribution in [0.5, 0.6) is 6.01 Å². The first-order valence-electron chi connectivity index (χ1n) is 16.8. The number of nitriles is 1. The number of anilines is 1. The molecule has 3 atom stereocenters. The van der Waals surface area contributed by atoms with Crippen LogP contribution < -0.4 is 9.64 Å². The van der Waals surface area contributed by atoms with Crippen LogP contribution in [0.25, 0.3) is 0 Å². The summed E-state index contributed by atoms with van der Waals surface area (Å²) in [5.41, 5.74) is 5.57. The number of allylic oxidation sites excluding steroid dienone is 3. The van der Waals surface area contributed by atoms with Crippen molar-refractivity contribution in [2.24, 2.45) is 0 Å². The third kappa shape index (κ3) is 5.34. The van der Waals surface area contributed by atoms with Crippen molar-refractivity contribution in [3.63, 3.8) is 0 Å². The molecule has 244 valence electrons. The van der Waals surface area contributed by atoms with Crippen LogP contribution in [0.1, 0.15) is 74.5 Å². The van der Waals surface area contributed by atoms with E-state index in [1.807, 2.05) is 11.6 Å². The second kappa shape index (κ2) is 12.4. The van der Waals surface area contributed by atoms with E-state index in [4.69, 9.17) is 26.3 Å². The maximum Gasteiger partial charge on any atom is 0.318 e. The summed E-state index contributed by atoms with van der Waals surface area (Å²) in [6.45, 7) is 11.2. The van der Waals surface area contributed by atoms with Crippen molar-refractivity contribution in [2.45, 2.75) is 102 Å². The summed E-state index contributed by atoms with van der Waals surface area (Å²) in [6, 6.07) is 2.55. The molecule has 2 saturated heterocycles. The lowest BCUT2D eigenvalue weighted by molar-refractivity contribution is 0.101. The van der Waals surface area contributed by atoms with E-state index in [9.17, 15) is 9.65 Å². The summed E-state index contributed by atoms with van der Waals surface area (Å²) >= 11 is 6.81. The zero-order valence-electron chi connectivity index (χ0n) is 27.1. The number of likely N-dealkylation sites (N-methyl/N-ethyl adjacent to an activating group) is 1. The zero-order chi connectivity index (χ0) is 32.1. The number of rotatable bonds is 6. The van der Waals surface area contributed by atoms with Gasteiger partial charge in [0, 0.05) is 44.6 Å². The molecule has 0 aromatic carbocycles. The van der Waals surface area contributed by atoms with Gasteiger partial charge in [-0.1, -0.05) is 36.4 Å². The van der Waals surface area contributed by atoms with Crippen molar-refractivity contribution in [3.05, 3.63) is 63.6 Å². The molecule has 46 heavy (non-hydrogen) atoms. The van der Waals surface area contributed by atoms with Gasteiger partial charge in [-0.2, -0.15) is 20.3 Å². The molecule has 1 aliphatic carbocycles. The Labute approximate surface area is 276 Å². The van der Waals surface area contributed by atoms with Gasteiger partial charge in [-0.3, -0.25) is 14.5 Å². The number of halogens is 2. The molecule has 3 fully saturated rings. The highest BCUT2D eigenvalue weighted by molar-refractivity contribution is 6.32. The molecule has 2 aromatic rings. The molecule has 9 nitrogen and oxygen atoms in total. The van der Waals surface area contributed by atoms with Gasteiger partial charge >= 0.3 is 6.01 Å². The average Bonchev–Trinajstić information content (AvgIpc) is 3.60. The number of alkyl halides is 1. The Kier molecular flexibility index (Phi) is 8.45. The standard InChI is InChI=1S/C35H44ClFN8O/c1-4-5-9-25-10-6-13-35(24(25)2)19-29-27(21-42(35)3)32(43-15-8-17-45-30(22-43)31(36)28(41-45)11-14-38)40-33(39-29)46-23-34-12-7-16-44(34)20-26(37)18-34/h4-5,9,26H,2,6-8,10-13,15-23H2,1,3H3/b5-4-,25-9-/t26-,34+,35+/m1/s1. The van der Waals surface area contributed by atoms with Crippen LogP contribution in [0.4, 0.5) is 10.2 Å². The van der Waals surface area contributed by atoms with E-state index < -0.39 is 6.17 Å². The molecule has 7 rings (SSSR count). The minimum Gasteiger partial charge on any atom is -0.461 e. The number of aromatic nitrogens is 4. The Balaban J connectivity index is 1.27. The Morgan fingerprint density at radius 1 is 1.17 bits per heavy atom. The number of fused-ring (bicyclic) bond motifs is 3. The summed E-state index contributed by atoms with van der Waals surface area (Å²) in [7, 11) is 2.20. The van der Waals surface area contributed by atoms with Crippen molar-refractivity contribution < 1.29 is 9.13 Å². The number of hydrogen-bond donors (Lipinski definition) is 0. The summed E-state index contributed by atoms with van der Waals surface area (Å²) in [4.78, 5) is 17.2. The maximum absolute atomic E-state index is 14.6. The molecule has 1 spiro atoms. The van der Waals surface area contributed by atoms with Gasteiger partial charge < -0.3 is 9.64 Å². The van der Waals surface area contributed by atoms with E-state index in [1.54, 1.807) is 0 Å². The molecule has 0 amide bonds. The lowest BCUT2D eigenvalue weighted by Crippen LogP contribution is -2.54. The quantitative estimate of drug-likeness (QED) is 0.394. The molecular weight excluding hydrogens is 603 g/mol. The first-order valence-corrected chi connectivity index (χ1v) is 17.2. The Hall–Kier alpha value is -3.26. The van der Waals surface area contributed by atoms with Crippen LogP contribution >= 0.6 is 11.6 Å². The Bertz CT molecular complexity index is 1630. The van der Waals surface area contributed by atoms with Crippen molar-refractivity contribution in [1.82, 2.24) is 29.5 Å². The largest absolute Gasteiger partial charge is 0.461 e. The van der Waals surface area contributed by atoms with Crippen molar-refractivity contribution >= 4 is 17.4 Å². The monoisotopic (exact) mass is 646 g/mol. The Morgan fingerprint density at radius 3 is 2.87 bits per heavy atom. The van der Waals surface area contributed by atoms with Crippen LogP contribution in [0, 0.1) is 11.3 Å². The average molecular weight is 647 g/mol. The fraction of sp³-hybridized carbons (Fsp3) is 0.600. The lowest BCUT2D eigenvalue weighted by atomic mass is 9.69. The predicted molar refractivity (Wildman–Crippen MR) is 177 cm³/mol. The fourth-order valence-electron chi connectivity index (χ4n) is 8.67. The highest BCUT2D eigenvalue weighted by Crippen LogP contribution is 2.47. The lowest BCUT2D eigenvalue weighted by Gasteiger charge is -2.50. The first-order chi connectivity index (χ1) is 22.3. The van der Waals surface area contributed by atoms with Crippen LogP contribution in [0.3, 0.4) is 0 Å². The Morgan fingerprint density at radius 2 is 2.04 bits per heavy atom. The third-order valence-corrected chi connectivity index (χ3v) is 11.5. The SMILES string of the molecule is C=C1/C(=C\C=C/C)CCC[C@]12Cc1nc(OC[C@@]34CCCN3C[C@H](F)C4)nc(N3CCCn4nc(CC#N)c(Cl)c4C3)c1CN2C. The molecule has 1 saturated carbocycles. The molecule has 6 heterocycles. The maximum atomic E-state index is 14.6. The molecule has 11 heteroatoms. The van der Waals surface area contributed by atoms with Crippen molar-refractivity contribution in [1.29, 1.82) is 5.26 Å². The molecule has 5 aliphatic rings. The van der Waals surface area contributed by atoms with E-state index in [2.05, 4.69) is 57.7 Å². The van der Waals surface area contributed by atoms with E-state index in [0.29, 0.717) is 49.4 Å². The predicted octanol–water partition coefficient (Wildman–Crippen LogP) is 5.73. The van der Waals surface area contributed by atoms with Gasteiger partial charge in [-0.25, -0.2) is 4.39 Å². The number of aryl methyl sites for hydroxylation is 1. The van der Waals surface area contributed by atoms with Crippen LogP contribution in [0.15, 0.2) is 36.0 Å². The van der Waals surface area contributed by atoms with Gasteiger partial charge in [0.25, 0.3) is 0 Å². The second-order valence-electron chi connectivity index (χ2n) is 13.8. The molecule has 0 radical (unpaired) electrons. The second-order valence-corrected chi connectivity index (χ2v) is 14.2. The van der Waals surface area contributed by atoms with Crippen molar-refractivity contribution in [2.75, 3.05) is 38.2 Å². The molecular formula is C35H44ClFN8O. The van der Waals surface area contributed by atoms with Gasteiger partial charge in [0.1, 0.15) is 18.6 Å². The van der Waals surface area contributed by atoms with Gasteiger partial charge in [0.15, 0.2) is 0 Å². The normalized spacial score (nSPS) is 29.3. The molecule has 4 aliphatic heterocycles. The highest BCUT2D eigenvalue weighted by Gasteiger charge is 2.50. The van der Waals surface area contributed by atoms with E-state index in [-0.39, 0.29) is 17.5 Å². The number of ether oxygens (including phenoxy) is 1. The van der Waals surface area contributed by atoms with Crippen LogP contribution in [-0.4, -0.2) is 80.1 Å². The molecule has 0 bridgehead atoms.